The minimum absolute atomic E-state index is 0.223. The van der Waals surface area contributed by atoms with Crippen molar-refractivity contribution in [3.63, 3.8) is 0 Å². The molecule has 4 nitrogen and oxygen atoms in total. The highest BCUT2D eigenvalue weighted by Gasteiger charge is 2.29. The lowest BCUT2D eigenvalue weighted by atomic mass is 10.1. The zero-order valence-corrected chi connectivity index (χ0v) is 12.9. The molecule has 0 saturated heterocycles. The molecule has 0 aliphatic heterocycles. The van der Waals surface area contributed by atoms with Crippen LogP contribution in [0.4, 0.5) is 0 Å². The van der Waals surface area contributed by atoms with E-state index < -0.39 is 21.1 Å². The Morgan fingerprint density at radius 3 is 2.33 bits per heavy atom. The molecule has 0 amide bonds. The van der Waals surface area contributed by atoms with Crippen LogP contribution in [0.1, 0.15) is 18.5 Å². The van der Waals surface area contributed by atoms with Crippen molar-refractivity contribution in [2.24, 2.45) is 5.73 Å². The maximum Gasteiger partial charge on any atom is 0.182 e. The summed E-state index contributed by atoms with van der Waals surface area (Å²) in [5.74, 6) is 0.511. The van der Waals surface area contributed by atoms with Crippen LogP contribution in [0, 0.1) is 0 Å². The van der Waals surface area contributed by atoms with E-state index in [1.54, 1.807) is 25.1 Å². The van der Waals surface area contributed by atoms with E-state index in [9.17, 15) is 8.42 Å². The maximum atomic E-state index is 12.7. The highest BCUT2D eigenvalue weighted by atomic mass is 32.2. The van der Waals surface area contributed by atoms with Crippen molar-refractivity contribution in [3.05, 3.63) is 60.2 Å². The second kappa shape index (κ2) is 6.28. The summed E-state index contributed by atoms with van der Waals surface area (Å²) in [6.07, 6.45) is 0. The summed E-state index contributed by atoms with van der Waals surface area (Å²) >= 11 is 0. The molecular formula is C16H19NO3S. The van der Waals surface area contributed by atoms with Crippen molar-refractivity contribution in [1.82, 2.24) is 0 Å². The van der Waals surface area contributed by atoms with Gasteiger partial charge in [0.25, 0.3) is 0 Å². The highest BCUT2D eigenvalue weighted by molar-refractivity contribution is 7.92. The molecule has 0 spiro atoms. The third-order valence-electron chi connectivity index (χ3n) is 3.55. The maximum absolute atomic E-state index is 12.7. The average molecular weight is 305 g/mol. The molecule has 2 aromatic rings. The molecule has 0 radical (unpaired) electrons. The summed E-state index contributed by atoms with van der Waals surface area (Å²) in [7, 11) is -2.02. The summed E-state index contributed by atoms with van der Waals surface area (Å²) in [6, 6.07) is 15.1. The smallest absolute Gasteiger partial charge is 0.182 e. The van der Waals surface area contributed by atoms with Crippen LogP contribution >= 0.6 is 0 Å². The molecule has 2 unspecified atom stereocenters. The van der Waals surface area contributed by atoms with Crippen molar-refractivity contribution in [2.45, 2.75) is 23.1 Å². The van der Waals surface area contributed by atoms with Crippen molar-refractivity contribution in [3.8, 4) is 5.75 Å². The average Bonchev–Trinajstić information content (AvgIpc) is 2.54. The molecule has 0 bridgehead atoms. The second-order valence-electron chi connectivity index (χ2n) is 4.87. The molecule has 2 rings (SSSR count). The summed E-state index contributed by atoms with van der Waals surface area (Å²) in [5.41, 5.74) is 6.92. The van der Waals surface area contributed by atoms with Crippen molar-refractivity contribution in [2.75, 3.05) is 7.11 Å². The van der Waals surface area contributed by atoms with Crippen LogP contribution < -0.4 is 10.5 Å². The van der Waals surface area contributed by atoms with Crippen molar-refractivity contribution in [1.29, 1.82) is 0 Å². The number of rotatable bonds is 5. The van der Waals surface area contributed by atoms with E-state index in [-0.39, 0.29) is 4.90 Å². The standard InChI is InChI=1S/C16H19NO3S/c1-12(16(17)13-7-4-3-5-8-13)21(18,19)15-10-6-9-14(11-15)20-2/h3-12,16H,17H2,1-2H3. The van der Waals surface area contributed by atoms with Gasteiger partial charge < -0.3 is 10.5 Å². The van der Waals surface area contributed by atoms with Gasteiger partial charge in [-0.25, -0.2) is 8.42 Å². The molecule has 0 heterocycles. The lowest BCUT2D eigenvalue weighted by molar-refractivity contribution is 0.413. The van der Waals surface area contributed by atoms with Gasteiger partial charge in [-0.05, 0) is 30.7 Å². The van der Waals surface area contributed by atoms with Gasteiger partial charge in [-0.15, -0.1) is 0 Å². The van der Waals surface area contributed by atoms with Gasteiger partial charge in [0.15, 0.2) is 9.84 Å². The third-order valence-corrected chi connectivity index (χ3v) is 5.73. The van der Waals surface area contributed by atoms with Gasteiger partial charge in [0.1, 0.15) is 5.75 Å². The second-order valence-corrected chi connectivity index (χ2v) is 7.17. The van der Waals surface area contributed by atoms with E-state index in [0.29, 0.717) is 5.75 Å². The van der Waals surface area contributed by atoms with Gasteiger partial charge >= 0.3 is 0 Å². The fraction of sp³-hybridized carbons (Fsp3) is 0.250. The molecule has 0 saturated carbocycles. The molecule has 0 aromatic heterocycles. The molecule has 21 heavy (non-hydrogen) atoms. The normalized spacial score (nSPS) is 14.4. The summed E-state index contributed by atoms with van der Waals surface area (Å²) < 4.78 is 30.4. The number of hydrogen-bond acceptors (Lipinski definition) is 4. The first-order chi connectivity index (χ1) is 9.96. The van der Waals surface area contributed by atoms with Gasteiger partial charge in [-0.2, -0.15) is 0 Å². The number of methoxy groups -OCH3 is 1. The van der Waals surface area contributed by atoms with E-state index >= 15 is 0 Å². The molecule has 112 valence electrons. The predicted octanol–water partition coefficient (Wildman–Crippen LogP) is 2.56. The summed E-state index contributed by atoms with van der Waals surface area (Å²) in [6.45, 7) is 1.63. The Labute approximate surface area is 125 Å². The Kier molecular flexibility index (Phi) is 4.65. The molecule has 0 fully saturated rings. The lowest BCUT2D eigenvalue weighted by Gasteiger charge is -2.21. The lowest BCUT2D eigenvalue weighted by Crippen LogP contribution is -2.31. The fourth-order valence-corrected chi connectivity index (χ4v) is 3.65. The molecular weight excluding hydrogens is 286 g/mol. The van der Waals surface area contributed by atoms with Crippen LogP contribution in [0.3, 0.4) is 0 Å². The van der Waals surface area contributed by atoms with Crippen LogP contribution in [0.5, 0.6) is 5.75 Å². The third kappa shape index (κ3) is 3.25. The Bertz CT molecular complexity index is 698. The predicted molar refractivity (Wildman–Crippen MR) is 83.0 cm³/mol. The van der Waals surface area contributed by atoms with Crippen LogP contribution in [0.25, 0.3) is 0 Å². The molecule has 2 N–H and O–H groups in total. The number of nitrogens with two attached hydrogens (primary N) is 1. The van der Waals surface area contributed by atoms with Gasteiger partial charge in [0.05, 0.1) is 17.3 Å². The summed E-state index contributed by atoms with van der Waals surface area (Å²) in [5, 5.41) is -0.730. The van der Waals surface area contributed by atoms with Gasteiger partial charge in [0.2, 0.25) is 0 Å². The number of ether oxygens (including phenoxy) is 1. The molecule has 0 aliphatic carbocycles. The Morgan fingerprint density at radius 1 is 1.05 bits per heavy atom. The number of sulfone groups is 1. The SMILES string of the molecule is COc1cccc(S(=O)(=O)C(C)C(N)c2ccccc2)c1. The van der Waals surface area contributed by atoms with Gasteiger partial charge in [-0.1, -0.05) is 36.4 Å². The fourth-order valence-electron chi connectivity index (χ4n) is 2.13. The van der Waals surface area contributed by atoms with E-state index in [2.05, 4.69) is 0 Å². The van der Waals surface area contributed by atoms with Gasteiger partial charge in [0, 0.05) is 6.04 Å². The molecule has 5 heteroatoms. The Morgan fingerprint density at radius 2 is 1.71 bits per heavy atom. The first kappa shape index (κ1) is 15.5. The summed E-state index contributed by atoms with van der Waals surface area (Å²) in [4.78, 5) is 0.223. The minimum Gasteiger partial charge on any atom is -0.497 e. The molecule has 2 atom stereocenters. The number of benzene rings is 2. The van der Waals surface area contributed by atoms with Crippen molar-refractivity contribution >= 4 is 9.84 Å². The first-order valence-electron chi connectivity index (χ1n) is 6.65. The molecule has 2 aromatic carbocycles. The first-order valence-corrected chi connectivity index (χ1v) is 8.20. The van der Waals surface area contributed by atoms with E-state index in [4.69, 9.17) is 10.5 Å². The van der Waals surface area contributed by atoms with E-state index in [1.165, 1.54) is 13.2 Å². The zero-order chi connectivity index (χ0) is 15.5. The topological polar surface area (TPSA) is 69.4 Å². The van der Waals surface area contributed by atoms with Crippen LogP contribution in [0.2, 0.25) is 0 Å². The minimum atomic E-state index is -3.52. The van der Waals surface area contributed by atoms with E-state index in [0.717, 1.165) is 5.56 Å². The monoisotopic (exact) mass is 305 g/mol. The highest BCUT2D eigenvalue weighted by Crippen LogP contribution is 2.27. The molecule has 0 aliphatic rings. The van der Waals surface area contributed by atoms with Crippen LogP contribution in [0.15, 0.2) is 59.5 Å². The number of hydrogen-bond donors (Lipinski definition) is 1. The van der Waals surface area contributed by atoms with E-state index in [1.807, 2.05) is 30.3 Å². The Hall–Kier alpha value is -1.85. The van der Waals surface area contributed by atoms with Crippen LogP contribution in [-0.4, -0.2) is 20.8 Å². The van der Waals surface area contributed by atoms with Gasteiger partial charge in [-0.3, -0.25) is 0 Å². The Balaban J connectivity index is 2.34. The quantitative estimate of drug-likeness (QED) is 0.921. The zero-order valence-electron chi connectivity index (χ0n) is 12.1. The van der Waals surface area contributed by atoms with Crippen molar-refractivity contribution < 1.29 is 13.2 Å². The van der Waals surface area contributed by atoms with Crippen LogP contribution in [-0.2, 0) is 9.84 Å². The largest absolute Gasteiger partial charge is 0.497 e.